The van der Waals surface area contributed by atoms with Gasteiger partial charge in [-0.25, -0.2) is 0 Å². The van der Waals surface area contributed by atoms with Crippen molar-refractivity contribution in [1.29, 1.82) is 0 Å². The van der Waals surface area contributed by atoms with Crippen LogP contribution in [0.4, 0.5) is 0 Å². The second kappa shape index (κ2) is 8.94. The summed E-state index contributed by atoms with van der Waals surface area (Å²) in [5.41, 5.74) is 0. The summed E-state index contributed by atoms with van der Waals surface area (Å²) >= 11 is 0. The lowest BCUT2D eigenvalue weighted by atomic mass is 10.5. The Morgan fingerprint density at radius 3 is 0.688 bits per heavy atom. The maximum Gasteiger partial charge on any atom is 0.0643 e. The number of hydrogen-bond acceptors (Lipinski definition) is 8. The molecule has 0 amide bonds. The van der Waals surface area contributed by atoms with Gasteiger partial charge in [0.2, 0.25) is 0 Å². The number of carbonyl (C=O) groups excluding carboxylic acids is 4. The molecule has 0 aliphatic rings. The molecule has 0 radical (unpaired) electrons. The van der Waals surface area contributed by atoms with E-state index in [-0.39, 0.29) is 0 Å². The van der Waals surface area contributed by atoms with Gasteiger partial charge in [0.15, 0.2) is 0 Å². The summed E-state index contributed by atoms with van der Waals surface area (Å²) in [6.45, 7) is 0. The third-order valence-electron chi connectivity index (χ3n) is 0.711. The van der Waals surface area contributed by atoms with Crippen molar-refractivity contribution in [3.8, 4) is 0 Å². The third kappa shape index (κ3) is 22.5. The Hall–Kier alpha value is -2.64. The van der Waals surface area contributed by atoms with E-state index in [1.165, 1.54) is 0 Å². The summed E-state index contributed by atoms with van der Waals surface area (Å²) in [5, 5.41) is 37.7. The zero-order chi connectivity index (χ0) is 13.1. The van der Waals surface area contributed by atoms with E-state index in [9.17, 15) is 39.6 Å². The van der Waals surface area contributed by atoms with Gasteiger partial charge in [-0.1, -0.05) is 0 Å². The highest BCUT2D eigenvalue weighted by atomic mass is 16.4. The Morgan fingerprint density at radius 2 is 0.625 bits per heavy atom. The van der Waals surface area contributed by atoms with E-state index in [1.807, 2.05) is 0 Å². The summed E-state index contributed by atoms with van der Waals surface area (Å²) in [6, 6.07) is 0. The van der Waals surface area contributed by atoms with Gasteiger partial charge in [-0.15, -0.1) is 0 Å². The van der Waals surface area contributed by atoms with Crippen molar-refractivity contribution in [1.82, 2.24) is 0 Å². The Bertz CT molecular complexity index is 272. The number of carboxylic acids is 4. The number of carbonyl (C=O) groups is 4. The maximum absolute atomic E-state index is 9.41. The van der Waals surface area contributed by atoms with Crippen LogP contribution in [0.2, 0.25) is 0 Å². The molecule has 88 valence electrons. The van der Waals surface area contributed by atoms with Gasteiger partial charge in [0.25, 0.3) is 0 Å². The molecule has 0 aliphatic heterocycles. The van der Waals surface area contributed by atoms with Crippen molar-refractivity contribution in [3.63, 3.8) is 0 Å². The van der Waals surface area contributed by atoms with Crippen LogP contribution in [0.1, 0.15) is 0 Å². The van der Waals surface area contributed by atoms with Gasteiger partial charge in [0.1, 0.15) is 0 Å². The molecule has 0 saturated heterocycles. The van der Waals surface area contributed by atoms with Crippen LogP contribution < -0.4 is 20.4 Å². The van der Waals surface area contributed by atoms with E-state index < -0.39 is 23.9 Å². The first kappa shape index (κ1) is 15.8. The fourth-order valence-corrected chi connectivity index (χ4v) is 0.272. The van der Waals surface area contributed by atoms with Crippen molar-refractivity contribution in [3.05, 3.63) is 24.3 Å². The van der Waals surface area contributed by atoms with Crippen LogP contribution in [-0.2, 0) is 19.2 Å². The predicted octanol–water partition coefficient (Wildman–Crippen LogP) is -5.92. The lowest BCUT2D eigenvalue weighted by Gasteiger charge is -1.90. The molecule has 0 spiro atoms. The van der Waals surface area contributed by atoms with Crippen molar-refractivity contribution < 1.29 is 39.6 Å². The molecule has 0 aromatic rings. The van der Waals surface area contributed by atoms with Crippen LogP contribution in [0.5, 0.6) is 0 Å². The number of rotatable bonds is 4. The minimum absolute atomic E-state index is 0.384. The molecule has 0 unspecified atom stereocenters. The molecule has 0 aromatic heterocycles. The van der Waals surface area contributed by atoms with Gasteiger partial charge in [0.05, 0.1) is 23.9 Å². The zero-order valence-electron chi connectivity index (χ0n) is 7.58. The molecule has 8 heteroatoms. The number of hydrogen-bond donors (Lipinski definition) is 0. The highest BCUT2D eigenvalue weighted by molar-refractivity contribution is 5.88. The lowest BCUT2D eigenvalue weighted by molar-refractivity contribution is -0.301. The quantitative estimate of drug-likeness (QED) is 0.429. The van der Waals surface area contributed by atoms with Crippen LogP contribution in [0.25, 0.3) is 0 Å². The van der Waals surface area contributed by atoms with Gasteiger partial charge < -0.3 is 39.6 Å². The van der Waals surface area contributed by atoms with E-state index in [1.54, 1.807) is 0 Å². The van der Waals surface area contributed by atoms with Gasteiger partial charge in [-0.2, -0.15) is 0 Å². The van der Waals surface area contributed by atoms with Crippen molar-refractivity contribution in [2.45, 2.75) is 0 Å². The molecule has 0 saturated carbocycles. The summed E-state index contributed by atoms with van der Waals surface area (Å²) in [4.78, 5) is 37.7. The maximum atomic E-state index is 9.41. The molecule has 0 rings (SSSR count). The molecule has 8 nitrogen and oxygen atoms in total. The van der Waals surface area contributed by atoms with Crippen LogP contribution in [0.3, 0.4) is 0 Å². The first-order valence-electron chi connectivity index (χ1n) is 3.45. The predicted molar refractivity (Wildman–Crippen MR) is 38.3 cm³/mol. The molecular weight excluding hydrogens is 224 g/mol. The Balaban J connectivity index is 0. The van der Waals surface area contributed by atoms with Gasteiger partial charge >= 0.3 is 0 Å². The van der Waals surface area contributed by atoms with Crippen LogP contribution >= 0.6 is 0 Å². The van der Waals surface area contributed by atoms with Crippen molar-refractivity contribution in [2.24, 2.45) is 0 Å². The van der Waals surface area contributed by atoms with Crippen LogP contribution in [-0.4, -0.2) is 23.9 Å². The highest BCUT2D eigenvalue weighted by Gasteiger charge is 1.71. The smallest absolute Gasteiger partial charge is 0.0643 e. The lowest BCUT2D eigenvalue weighted by Crippen LogP contribution is -2.23. The van der Waals surface area contributed by atoms with E-state index >= 15 is 0 Å². The first-order chi connectivity index (χ1) is 7.25. The first-order valence-corrected chi connectivity index (χ1v) is 3.45. The van der Waals surface area contributed by atoms with Gasteiger partial charge in [-0.3, -0.25) is 0 Å². The van der Waals surface area contributed by atoms with E-state index in [2.05, 4.69) is 0 Å². The molecule has 0 aliphatic carbocycles. The molecule has 16 heavy (non-hydrogen) atoms. The van der Waals surface area contributed by atoms with Crippen LogP contribution in [0, 0.1) is 0 Å². The van der Waals surface area contributed by atoms with Gasteiger partial charge in [0, 0.05) is 0 Å². The SMILES string of the molecule is O=C([O-])/C=C/C(=O)[O-].O=C([O-])/C=C/C(=O)[O-]. The Morgan fingerprint density at radius 1 is 0.500 bits per heavy atom. The molecular formula is C8H4O8-4. The van der Waals surface area contributed by atoms with E-state index in [0.29, 0.717) is 24.3 Å². The van der Waals surface area contributed by atoms with E-state index in [0.717, 1.165) is 0 Å². The zero-order valence-corrected chi connectivity index (χ0v) is 7.58. The molecule has 0 N–H and O–H groups in total. The normalized spacial score (nSPS) is 9.50. The molecule has 0 aromatic carbocycles. The standard InChI is InChI=1S/2C4H4O4/c2*5-3(6)1-2-4(7)8/h2*1-2H,(H,5,6)(H,7,8)/p-4/b2*2-1+. The molecule has 0 bridgehead atoms. The number of carboxylic acid groups (broad SMARTS) is 4. The highest BCUT2D eigenvalue weighted by Crippen LogP contribution is 1.64. The topological polar surface area (TPSA) is 161 Å². The van der Waals surface area contributed by atoms with E-state index in [4.69, 9.17) is 0 Å². The van der Waals surface area contributed by atoms with Gasteiger partial charge in [-0.05, 0) is 24.3 Å². The minimum Gasteiger partial charge on any atom is -0.545 e. The largest absolute Gasteiger partial charge is 0.545 e. The Kier molecular flexibility index (Phi) is 8.83. The summed E-state index contributed by atoms with van der Waals surface area (Å²) in [7, 11) is 0. The fraction of sp³-hybridized carbons (Fsp3) is 0. The third-order valence-corrected chi connectivity index (χ3v) is 0.711. The fourth-order valence-electron chi connectivity index (χ4n) is 0.272. The molecule has 0 fully saturated rings. The second-order valence-corrected chi connectivity index (χ2v) is 1.94. The summed E-state index contributed by atoms with van der Waals surface area (Å²) in [5.74, 6) is -6.19. The summed E-state index contributed by atoms with van der Waals surface area (Å²) < 4.78 is 0. The molecule has 0 heterocycles. The number of aliphatic carboxylic acids is 4. The monoisotopic (exact) mass is 228 g/mol. The average molecular weight is 228 g/mol. The van der Waals surface area contributed by atoms with Crippen molar-refractivity contribution >= 4 is 23.9 Å². The second-order valence-electron chi connectivity index (χ2n) is 1.94. The minimum atomic E-state index is -1.55. The summed E-state index contributed by atoms with van der Waals surface area (Å²) in [6.07, 6.45) is 1.54. The van der Waals surface area contributed by atoms with Crippen molar-refractivity contribution in [2.75, 3.05) is 0 Å². The van der Waals surface area contributed by atoms with Crippen LogP contribution in [0.15, 0.2) is 24.3 Å². The average Bonchev–Trinajstić information content (AvgIpc) is 2.12. The molecule has 0 atom stereocenters. The Labute approximate surface area is 88.7 Å².